The van der Waals surface area contributed by atoms with Crippen LogP contribution in [0.15, 0.2) is 12.1 Å². The Morgan fingerprint density at radius 1 is 1.29 bits per heavy atom. The zero-order chi connectivity index (χ0) is 12.6. The van der Waals surface area contributed by atoms with Crippen LogP contribution in [0.4, 0.5) is 0 Å². The molecule has 1 aliphatic rings. The van der Waals surface area contributed by atoms with Crippen molar-refractivity contribution < 1.29 is 19.0 Å². The lowest BCUT2D eigenvalue weighted by Crippen LogP contribution is -2.31. The van der Waals surface area contributed by atoms with Gasteiger partial charge in [-0.2, -0.15) is 0 Å². The van der Waals surface area contributed by atoms with E-state index in [1.165, 1.54) is 7.11 Å². The lowest BCUT2D eigenvalue weighted by Gasteiger charge is -2.24. The third kappa shape index (κ3) is 1.84. The van der Waals surface area contributed by atoms with E-state index in [-0.39, 0.29) is 12.8 Å². The maximum atomic E-state index is 11.8. The van der Waals surface area contributed by atoms with Gasteiger partial charge in [-0.15, -0.1) is 0 Å². The lowest BCUT2D eigenvalue weighted by molar-refractivity contribution is -0.146. The number of carbonyl (C=O) groups is 1. The van der Waals surface area contributed by atoms with Crippen molar-refractivity contribution in [1.82, 2.24) is 0 Å². The van der Waals surface area contributed by atoms with Crippen molar-refractivity contribution in [3.63, 3.8) is 0 Å². The van der Waals surface area contributed by atoms with Crippen LogP contribution in [0.1, 0.15) is 25.0 Å². The fourth-order valence-electron chi connectivity index (χ4n) is 2.08. The molecule has 4 nitrogen and oxygen atoms in total. The Kier molecular flexibility index (Phi) is 2.73. The summed E-state index contributed by atoms with van der Waals surface area (Å²) in [7, 11) is 1.40. The summed E-state index contributed by atoms with van der Waals surface area (Å²) >= 11 is 0. The second-order valence-corrected chi connectivity index (χ2v) is 4.64. The number of fused-ring (bicyclic) bond motifs is 1. The lowest BCUT2D eigenvalue weighted by atomic mass is 9.82. The van der Waals surface area contributed by atoms with Crippen LogP contribution in [0.3, 0.4) is 0 Å². The summed E-state index contributed by atoms with van der Waals surface area (Å²) in [6.07, 6.45) is 0. The predicted octanol–water partition coefficient (Wildman–Crippen LogP) is 2.17. The van der Waals surface area contributed by atoms with E-state index in [2.05, 4.69) is 0 Å². The molecule has 1 aromatic rings. The van der Waals surface area contributed by atoms with Gasteiger partial charge in [-0.05, 0) is 44.0 Å². The fourth-order valence-corrected chi connectivity index (χ4v) is 2.08. The average molecular weight is 236 g/mol. The molecule has 17 heavy (non-hydrogen) atoms. The maximum absolute atomic E-state index is 11.8. The van der Waals surface area contributed by atoms with E-state index in [0.29, 0.717) is 5.75 Å². The Hall–Kier alpha value is -1.71. The molecule has 0 saturated carbocycles. The summed E-state index contributed by atoms with van der Waals surface area (Å²) in [4.78, 5) is 11.8. The maximum Gasteiger partial charge on any atom is 0.315 e. The van der Waals surface area contributed by atoms with Crippen molar-refractivity contribution in [2.24, 2.45) is 0 Å². The summed E-state index contributed by atoms with van der Waals surface area (Å²) in [5, 5.41) is 0. The fraction of sp³-hybridized carbons (Fsp3) is 0.462. The molecule has 0 saturated heterocycles. The van der Waals surface area contributed by atoms with E-state index in [1.54, 1.807) is 0 Å². The molecule has 0 N–H and O–H groups in total. The Bertz CT molecular complexity index is 463. The van der Waals surface area contributed by atoms with Crippen LogP contribution in [-0.4, -0.2) is 19.9 Å². The number of hydrogen-bond acceptors (Lipinski definition) is 4. The van der Waals surface area contributed by atoms with E-state index in [1.807, 2.05) is 32.9 Å². The molecule has 4 heteroatoms. The van der Waals surface area contributed by atoms with E-state index in [4.69, 9.17) is 14.2 Å². The molecule has 0 unspecified atom stereocenters. The zero-order valence-corrected chi connectivity index (χ0v) is 10.5. The van der Waals surface area contributed by atoms with Crippen LogP contribution < -0.4 is 9.47 Å². The first-order valence-corrected chi connectivity index (χ1v) is 5.46. The number of carbonyl (C=O) groups excluding carboxylic acids is 1. The minimum Gasteiger partial charge on any atom is -0.468 e. The Balaban J connectivity index is 2.49. The molecule has 0 spiro atoms. The molecule has 0 bridgehead atoms. The highest BCUT2D eigenvalue weighted by atomic mass is 16.7. The van der Waals surface area contributed by atoms with Crippen LogP contribution in [0.2, 0.25) is 0 Å². The average Bonchev–Trinajstić information content (AvgIpc) is 2.73. The van der Waals surface area contributed by atoms with Crippen molar-refractivity contribution in [1.29, 1.82) is 0 Å². The van der Waals surface area contributed by atoms with Gasteiger partial charge >= 0.3 is 5.97 Å². The van der Waals surface area contributed by atoms with Crippen LogP contribution in [0.5, 0.6) is 11.5 Å². The highest BCUT2D eigenvalue weighted by Gasteiger charge is 2.34. The van der Waals surface area contributed by atoms with Crippen molar-refractivity contribution in [3.8, 4) is 11.5 Å². The first-order valence-electron chi connectivity index (χ1n) is 5.46. The highest BCUT2D eigenvalue weighted by Crippen LogP contribution is 2.39. The summed E-state index contributed by atoms with van der Waals surface area (Å²) in [5.41, 5.74) is 1.19. The number of esters is 1. The molecule has 1 aliphatic heterocycles. The van der Waals surface area contributed by atoms with Gasteiger partial charge in [-0.25, -0.2) is 0 Å². The molecular weight excluding hydrogens is 220 g/mol. The number of aryl methyl sites for hydroxylation is 1. The summed E-state index contributed by atoms with van der Waals surface area (Å²) in [6, 6.07) is 3.75. The van der Waals surface area contributed by atoms with Gasteiger partial charge in [0.05, 0.1) is 12.5 Å². The minimum atomic E-state index is -0.695. The molecule has 2 rings (SSSR count). The predicted molar refractivity (Wildman–Crippen MR) is 62.3 cm³/mol. The van der Waals surface area contributed by atoms with Gasteiger partial charge < -0.3 is 14.2 Å². The number of benzene rings is 1. The van der Waals surface area contributed by atoms with Gasteiger partial charge in [-0.3, -0.25) is 4.79 Å². The number of methoxy groups -OCH3 is 1. The van der Waals surface area contributed by atoms with Crippen molar-refractivity contribution in [2.75, 3.05) is 13.9 Å². The quantitative estimate of drug-likeness (QED) is 0.738. The normalized spacial score (nSPS) is 13.6. The van der Waals surface area contributed by atoms with E-state index >= 15 is 0 Å². The summed E-state index contributed by atoms with van der Waals surface area (Å²) < 4.78 is 15.5. The van der Waals surface area contributed by atoms with Crippen molar-refractivity contribution in [3.05, 3.63) is 23.3 Å². The molecule has 1 heterocycles. The van der Waals surface area contributed by atoms with Crippen LogP contribution >= 0.6 is 0 Å². The van der Waals surface area contributed by atoms with Crippen LogP contribution in [-0.2, 0) is 14.9 Å². The standard InChI is InChI=1S/C13H16O4/c1-8-5-10-11(17-7-16-10)6-9(8)13(2,3)12(14)15-4/h5-6H,7H2,1-4H3. The smallest absolute Gasteiger partial charge is 0.315 e. The van der Waals surface area contributed by atoms with Gasteiger partial charge in [0.15, 0.2) is 11.5 Å². The molecule has 92 valence electrons. The van der Waals surface area contributed by atoms with Crippen molar-refractivity contribution in [2.45, 2.75) is 26.2 Å². The third-order valence-electron chi connectivity index (χ3n) is 3.09. The largest absolute Gasteiger partial charge is 0.468 e. The van der Waals surface area contributed by atoms with Crippen molar-refractivity contribution >= 4 is 5.97 Å². The first kappa shape index (κ1) is 11.8. The monoisotopic (exact) mass is 236 g/mol. The summed E-state index contributed by atoms with van der Waals surface area (Å²) in [5.74, 6) is 1.15. The topological polar surface area (TPSA) is 44.8 Å². The molecule has 0 aromatic heterocycles. The number of ether oxygens (including phenoxy) is 3. The third-order valence-corrected chi connectivity index (χ3v) is 3.09. The first-order chi connectivity index (χ1) is 7.96. The number of rotatable bonds is 2. The van der Waals surface area contributed by atoms with Gasteiger partial charge in [0, 0.05) is 0 Å². The van der Waals surface area contributed by atoms with Gasteiger partial charge in [0.1, 0.15) is 0 Å². The van der Waals surface area contributed by atoms with Gasteiger partial charge in [0.25, 0.3) is 0 Å². The van der Waals surface area contributed by atoms with E-state index in [9.17, 15) is 4.79 Å². The SMILES string of the molecule is COC(=O)C(C)(C)c1cc2c(cc1C)OCO2. The minimum absolute atomic E-state index is 0.233. The highest BCUT2D eigenvalue weighted by molar-refractivity contribution is 5.83. The van der Waals surface area contributed by atoms with E-state index in [0.717, 1.165) is 16.9 Å². The second-order valence-electron chi connectivity index (χ2n) is 4.64. The molecule has 0 radical (unpaired) electrons. The van der Waals surface area contributed by atoms with Crippen LogP contribution in [0.25, 0.3) is 0 Å². The Labute approximate surface area is 100 Å². The van der Waals surface area contributed by atoms with Crippen LogP contribution in [0, 0.1) is 6.92 Å². The van der Waals surface area contributed by atoms with E-state index < -0.39 is 5.41 Å². The van der Waals surface area contributed by atoms with Gasteiger partial charge in [-0.1, -0.05) is 0 Å². The zero-order valence-electron chi connectivity index (χ0n) is 10.5. The molecule has 1 aromatic carbocycles. The molecule has 0 amide bonds. The Morgan fingerprint density at radius 2 is 1.88 bits per heavy atom. The van der Waals surface area contributed by atoms with Gasteiger partial charge in [0.2, 0.25) is 6.79 Å². The molecule has 0 aliphatic carbocycles. The summed E-state index contributed by atoms with van der Waals surface area (Å²) in [6.45, 7) is 5.85. The Morgan fingerprint density at radius 3 is 2.47 bits per heavy atom. The molecule has 0 atom stereocenters. The molecular formula is C13H16O4. The molecule has 0 fully saturated rings. The number of hydrogen-bond donors (Lipinski definition) is 0. The second kappa shape index (κ2) is 3.95.